The minimum absolute atomic E-state index is 0.538. The number of benzene rings is 3. The van der Waals surface area contributed by atoms with Gasteiger partial charge in [-0.3, -0.25) is 4.98 Å². The molecule has 0 amide bonds. The van der Waals surface area contributed by atoms with Crippen molar-refractivity contribution in [3.05, 3.63) is 101 Å². The topological polar surface area (TPSA) is 49.8 Å². The number of hydrogen-bond donors (Lipinski definition) is 0. The Labute approximate surface area is 171 Å². The monoisotopic (exact) mass is 376 g/mol. The molecule has 0 aliphatic rings. The summed E-state index contributed by atoms with van der Waals surface area (Å²) in [5.74, 6) is 0. The van der Waals surface area contributed by atoms with Gasteiger partial charge in [-0.25, -0.2) is 0 Å². The molecule has 0 atom stereocenters. The molecule has 0 unspecified atom stereocenters. The molecule has 0 spiro atoms. The zero-order chi connectivity index (χ0) is 21.6. The Hall–Kier alpha value is -3.90. The average molecular weight is 376 g/mol. The van der Waals surface area contributed by atoms with Gasteiger partial charge in [-0.2, -0.15) is 5.26 Å². The van der Waals surface area contributed by atoms with Crippen molar-refractivity contribution in [2.45, 2.75) is 13.3 Å². The van der Waals surface area contributed by atoms with E-state index in [1.165, 1.54) is 0 Å². The lowest BCUT2D eigenvalue weighted by molar-refractivity contribution is 0.669. The predicted molar refractivity (Wildman–Crippen MR) is 116 cm³/mol. The van der Waals surface area contributed by atoms with E-state index in [1.54, 1.807) is 24.4 Å². The third-order valence-corrected chi connectivity index (χ3v) is 5.01. The highest BCUT2D eigenvalue weighted by molar-refractivity contribution is 6.08. The third-order valence-electron chi connectivity index (χ3n) is 5.01. The van der Waals surface area contributed by atoms with Gasteiger partial charge in [0.2, 0.25) is 0 Å². The molecule has 138 valence electrons. The van der Waals surface area contributed by atoms with Crippen molar-refractivity contribution in [1.29, 1.82) is 5.26 Å². The summed E-state index contributed by atoms with van der Waals surface area (Å²) in [4.78, 5) is 4.48. The van der Waals surface area contributed by atoms with Crippen LogP contribution in [-0.2, 0) is 6.37 Å². The fourth-order valence-electron chi connectivity index (χ4n) is 3.55. The van der Waals surface area contributed by atoms with Crippen molar-refractivity contribution in [2.75, 3.05) is 0 Å². The Bertz CT molecular complexity index is 1480. The zero-order valence-electron chi connectivity index (χ0n) is 17.8. The number of aromatic nitrogens is 1. The van der Waals surface area contributed by atoms with E-state index in [-0.39, 0.29) is 0 Å². The summed E-state index contributed by atoms with van der Waals surface area (Å²) in [6, 6.07) is 24.4. The first-order chi connectivity index (χ1) is 15.0. The molecule has 5 rings (SSSR count). The molecular weight excluding hydrogens is 356 g/mol. The van der Waals surface area contributed by atoms with Crippen LogP contribution in [0.15, 0.2) is 83.4 Å². The lowest BCUT2D eigenvalue weighted by Gasteiger charge is -2.06. The molecule has 5 aromatic rings. The van der Waals surface area contributed by atoms with E-state index in [9.17, 15) is 5.26 Å². The van der Waals surface area contributed by atoms with E-state index in [0.717, 1.165) is 21.9 Å². The molecule has 0 fully saturated rings. The molecule has 2 heterocycles. The molecule has 29 heavy (non-hydrogen) atoms. The molecule has 0 aliphatic heterocycles. The van der Waals surface area contributed by atoms with Gasteiger partial charge in [0.25, 0.3) is 0 Å². The maximum absolute atomic E-state index is 9.51. The molecule has 3 nitrogen and oxygen atoms in total. The Kier molecular flexibility index (Phi) is 3.60. The first-order valence-electron chi connectivity index (χ1n) is 10.4. The Morgan fingerprint density at radius 1 is 0.966 bits per heavy atom. The van der Waals surface area contributed by atoms with Gasteiger partial charge in [-0.1, -0.05) is 35.9 Å². The highest BCUT2D eigenvalue weighted by Crippen LogP contribution is 2.34. The van der Waals surface area contributed by atoms with Gasteiger partial charge in [0, 0.05) is 25.3 Å². The highest BCUT2D eigenvalue weighted by Gasteiger charge is 2.12. The van der Waals surface area contributed by atoms with Gasteiger partial charge in [0.1, 0.15) is 11.2 Å². The summed E-state index contributed by atoms with van der Waals surface area (Å²) >= 11 is 0. The number of furan rings is 1. The van der Waals surface area contributed by atoms with Crippen molar-refractivity contribution in [1.82, 2.24) is 4.98 Å². The van der Waals surface area contributed by atoms with E-state index >= 15 is 0 Å². The second-order valence-corrected chi connectivity index (χ2v) is 7.02. The molecule has 3 heteroatoms. The van der Waals surface area contributed by atoms with Gasteiger partial charge < -0.3 is 4.42 Å². The number of pyridine rings is 1. The van der Waals surface area contributed by atoms with Crippen LogP contribution in [0.4, 0.5) is 0 Å². The van der Waals surface area contributed by atoms with Crippen LogP contribution in [0.5, 0.6) is 0 Å². The van der Waals surface area contributed by atoms with Crippen molar-refractivity contribution in [2.24, 2.45) is 0 Å². The summed E-state index contributed by atoms with van der Waals surface area (Å²) in [6.07, 6.45) is -0.0130. The minimum Gasteiger partial charge on any atom is -0.456 e. The maximum atomic E-state index is 9.51. The predicted octanol–water partition coefficient (Wildman–Crippen LogP) is 6.42. The lowest BCUT2D eigenvalue weighted by atomic mass is 10.0. The van der Waals surface area contributed by atoms with Crippen LogP contribution in [0.1, 0.15) is 25.0 Å². The van der Waals surface area contributed by atoms with Crippen molar-refractivity contribution < 1.29 is 7.16 Å². The Balaban J connectivity index is 1.63. The first kappa shape index (κ1) is 15.1. The van der Waals surface area contributed by atoms with Gasteiger partial charge in [0.05, 0.1) is 17.3 Å². The molecule has 0 N–H and O–H groups in total. The molecule has 2 aromatic heterocycles. The smallest absolute Gasteiger partial charge is 0.136 e. The average Bonchev–Trinajstić information content (AvgIpc) is 3.17. The SMILES string of the molecule is [2H]C([2H])(c1ccc(C)cc1)c1ccnc(-c2ccc3oc4cccc(C#N)c4c3c2)c1. The van der Waals surface area contributed by atoms with Gasteiger partial charge >= 0.3 is 0 Å². The maximum Gasteiger partial charge on any atom is 0.136 e. The lowest BCUT2D eigenvalue weighted by Crippen LogP contribution is -1.91. The van der Waals surface area contributed by atoms with Gasteiger partial charge in [0.15, 0.2) is 0 Å². The summed E-state index contributed by atoms with van der Waals surface area (Å²) in [7, 11) is 0. The molecule has 0 bridgehead atoms. The molecular formula is C26H18N2O. The summed E-state index contributed by atoms with van der Waals surface area (Å²) in [5, 5.41) is 11.1. The van der Waals surface area contributed by atoms with Crippen molar-refractivity contribution in [3.8, 4) is 17.3 Å². The zero-order valence-corrected chi connectivity index (χ0v) is 15.8. The number of aryl methyl sites for hydroxylation is 1. The van der Waals surface area contributed by atoms with Crippen molar-refractivity contribution in [3.63, 3.8) is 0 Å². The summed E-state index contributed by atoms with van der Waals surface area (Å²) in [6.45, 7) is 1.98. The Morgan fingerprint density at radius 3 is 2.66 bits per heavy atom. The number of nitriles is 1. The van der Waals surface area contributed by atoms with Crippen LogP contribution in [-0.4, -0.2) is 4.98 Å². The van der Waals surface area contributed by atoms with E-state index < -0.39 is 6.37 Å². The van der Waals surface area contributed by atoms with Crippen LogP contribution in [0.2, 0.25) is 0 Å². The van der Waals surface area contributed by atoms with Crippen LogP contribution in [0, 0.1) is 18.3 Å². The molecule has 0 saturated carbocycles. The number of nitrogens with zero attached hydrogens (tertiary/aromatic N) is 2. The van der Waals surface area contributed by atoms with Crippen LogP contribution < -0.4 is 0 Å². The number of rotatable bonds is 3. The summed E-state index contributed by atoms with van der Waals surface area (Å²) in [5.41, 5.74) is 5.67. The van der Waals surface area contributed by atoms with Crippen LogP contribution in [0.25, 0.3) is 33.2 Å². The fourth-order valence-corrected chi connectivity index (χ4v) is 3.55. The number of hydrogen-bond acceptors (Lipinski definition) is 3. The van der Waals surface area contributed by atoms with E-state index in [4.69, 9.17) is 7.16 Å². The molecule has 0 saturated heterocycles. The van der Waals surface area contributed by atoms with E-state index in [2.05, 4.69) is 11.1 Å². The standard InChI is InChI=1S/C26H18N2O/c1-17-5-7-18(8-6-17)13-19-11-12-28-23(14-19)20-9-10-24-22(15-20)26-21(16-27)3-2-4-25(26)29-24/h2-12,14-15H,13H2,1H3/i13D2. The second-order valence-electron chi connectivity index (χ2n) is 7.02. The quantitative estimate of drug-likeness (QED) is 0.365. The molecule has 0 aliphatic carbocycles. The van der Waals surface area contributed by atoms with Crippen molar-refractivity contribution >= 4 is 21.9 Å². The van der Waals surface area contributed by atoms with Crippen LogP contribution >= 0.6 is 0 Å². The highest BCUT2D eigenvalue weighted by atomic mass is 16.3. The van der Waals surface area contributed by atoms with Crippen LogP contribution in [0.3, 0.4) is 0 Å². The van der Waals surface area contributed by atoms with Gasteiger partial charge in [-0.05, 0) is 66.9 Å². The number of fused-ring (bicyclic) bond motifs is 3. The summed E-state index contributed by atoms with van der Waals surface area (Å²) < 4.78 is 23.3. The van der Waals surface area contributed by atoms with E-state index in [0.29, 0.717) is 33.6 Å². The normalized spacial score (nSPS) is 12.6. The largest absolute Gasteiger partial charge is 0.456 e. The first-order valence-corrected chi connectivity index (χ1v) is 9.37. The Morgan fingerprint density at radius 2 is 1.83 bits per heavy atom. The second kappa shape index (κ2) is 6.92. The fraction of sp³-hybridized carbons (Fsp3) is 0.0769. The minimum atomic E-state index is -1.65. The molecule has 3 aromatic carbocycles. The third kappa shape index (κ3) is 3.15. The molecule has 0 radical (unpaired) electrons. The van der Waals surface area contributed by atoms with Gasteiger partial charge in [-0.15, -0.1) is 0 Å². The van der Waals surface area contributed by atoms with E-state index in [1.807, 2.05) is 61.5 Å².